The van der Waals surface area contributed by atoms with Crippen molar-refractivity contribution >= 4 is 15.7 Å². The number of hydrogen-bond donors (Lipinski definition) is 0. The molecule has 1 aliphatic heterocycles. The molecule has 18 heavy (non-hydrogen) atoms. The normalized spacial score (nSPS) is 22.1. The minimum absolute atomic E-state index is 0.302. The van der Waals surface area contributed by atoms with Crippen molar-refractivity contribution in [1.82, 2.24) is 0 Å². The molecule has 0 amide bonds. The summed E-state index contributed by atoms with van der Waals surface area (Å²) in [7, 11) is 0. The zero-order valence-electron chi connectivity index (χ0n) is 11.9. The zero-order valence-corrected chi connectivity index (χ0v) is 13.8. The van der Waals surface area contributed by atoms with Crippen LogP contribution in [-0.2, 0) is 7.45 Å². The van der Waals surface area contributed by atoms with Crippen molar-refractivity contribution in [2.24, 2.45) is 0 Å². The zero-order chi connectivity index (χ0) is 13.6. The van der Waals surface area contributed by atoms with Gasteiger partial charge in [0, 0.05) is 0 Å². The first-order valence-electron chi connectivity index (χ1n) is 6.15. The molecule has 0 aromatic heterocycles. The van der Waals surface area contributed by atoms with Crippen LogP contribution in [0.25, 0.3) is 0 Å². The van der Waals surface area contributed by atoms with E-state index in [-0.39, 0.29) is 11.2 Å². The Balaban J connectivity index is 2.18. The summed E-state index contributed by atoms with van der Waals surface area (Å²) in [5.74, 6) is 0.908. The van der Waals surface area contributed by atoms with E-state index in [0.717, 1.165) is 16.9 Å². The molecular weight excluding hydrogens is 291 g/mol. The van der Waals surface area contributed by atoms with Crippen molar-refractivity contribution in [2.75, 3.05) is 0 Å². The van der Waals surface area contributed by atoms with Crippen LogP contribution in [0.4, 0.5) is 0 Å². The van der Waals surface area contributed by atoms with E-state index in [1.165, 1.54) is 0 Å². The van der Waals surface area contributed by atoms with Crippen molar-refractivity contribution in [2.45, 2.75) is 52.7 Å². The third-order valence-corrected chi connectivity index (χ3v) is 6.87. The van der Waals surface area contributed by atoms with E-state index in [9.17, 15) is 0 Å². The van der Waals surface area contributed by atoms with E-state index in [1.807, 2.05) is 32.0 Å². The van der Waals surface area contributed by atoms with Gasteiger partial charge in [-0.1, -0.05) is 0 Å². The van der Waals surface area contributed by atoms with Crippen LogP contribution in [0.2, 0.25) is 0 Å². The van der Waals surface area contributed by atoms with E-state index in [4.69, 9.17) is 11.2 Å². The summed E-state index contributed by atoms with van der Waals surface area (Å²) in [6, 6.07) is 6.12. The Morgan fingerprint density at radius 1 is 0.944 bits per heavy atom. The van der Waals surface area contributed by atoms with Crippen LogP contribution in [0, 0.1) is 13.8 Å². The molecule has 1 fully saturated rings. The van der Waals surface area contributed by atoms with Gasteiger partial charge in [0.15, 0.2) is 0 Å². The molecule has 1 aromatic rings. The first-order chi connectivity index (χ1) is 8.23. The molecule has 2 rings (SSSR count). The molecule has 3 nitrogen and oxygen atoms in total. The molecule has 4 heteroatoms. The van der Waals surface area contributed by atoms with Crippen molar-refractivity contribution in [3.05, 3.63) is 29.3 Å². The summed E-state index contributed by atoms with van der Waals surface area (Å²) < 4.78 is 18.0. The molecule has 1 heterocycles. The number of rotatable bonds is 2. The van der Waals surface area contributed by atoms with Gasteiger partial charge in [-0.25, -0.2) is 0 Å². The third kappa shape index (κ3) is 2.45. The summed E-state index contributed by atoms with van der Waals surface area (Å²) in [5, 5.41) is 0. The average Bonchev–Trinajstić information content (AvgIpc) is 2.42. The van der Waals surface area contributed by atoms with Crippen molar-refractivity contribution in [1.29, 1.82) is 0 Å². The molecule has 1 aliphatic rings. The van der Waals surface area contributed by atoms with Gasteiger partial charge in [0.2, 0.25) is 0 Å². The summed E-state index contributed by atoms with van der Waals surface area (Å²) >= 11 is -2.19. The first-order valence-corrected chi connectivity index (χ1v) is 8.45. The Labute approximate surface area is 115 Å². The Bertz CT molecular complexity index is 418. The molecule has 100 valence electrons. The van der Waals surface area contributed by atoms with E-state index in [0.29, 0.717) is 0 Å². The van der Waals surface area contributed by atoms with Crippen LogP contribution in [-0.4, -0.2) is 26.9 Å². The van der Waals surface area contributed by atoms with E-state index >= 15 is 0 Å². The summed E-state index contributed by atoms with van der Waals surface area (Å²) in [5.41, 5.74) is 1.64. The molecular formula is C14H21AsO3. The molecule has 0 radical (unpaired) electrons. The van der Waals surface area contributed by atoms with Gasteiger partial charge in [-0.15, -0.1) is 0 Å². The van der Waals surface area contributed by atoms with Crippen LogP contribution in [0.5, 0.6) is 5.75 Å². The Hall–Kier alpha value is -0.502. The van der Waals surface area contributed by atoms with Gasteiger partial charge in [0.25, 0.3) is 0 Å². The third-order valence-electron chi connectivity index (χ3n) is 3.63. The Kier molecular flexibility index (Phi) is 3.52. The summed E-state index contributed by atoms with van der Waals surface area (Å²) in [4.78, 5) is 0. The number of benzene rings is 1. The fourth-order valence-corrected chi connectivity index (χ4v) is 5.30. The number of aryl methyl sites for hydroxylation is 2. The van der Waals surface area contributed by atoms with Crippen LogP contribution in [0.15, 0.2) is 18.2 Å². The van der Waals surface area contributed by atoms with Gasteiger partial charge in [0.05, 0.1) is 0 Å². The van der Waals surface area contributed by atoms with Crippen LogP contribution in [0.3, 0.4) is 0 Å². The Morgan fingerprint density at radius 3 is 1.83 bits per heavy atom. The molecule has 0 unspecified atom stereocenters. The average molecular weight is 312 g/mol. The van der Waals surface area contributed by atoms with Crippen LogP contribution < -0.4 is 3.73 Å². The second kappa shape index (κ2) is 4.55. The standard InChI is InChI=1S/C14H21AsO3/c1-10-8-7-9-11(2)12(10)16-15-17-13(3,4)14(5,6)18-15/h7-9H,1-6H3. The van der Waals surface area contributed by atoms with Gasteiger partial charge in [-0.3, -0.25) is 0 Å². The van der Waals surface area contributed by atoms with Crippen LogP contribution in [0.1, 0.15) is 38.8 Å². The van der Waals surface area contributed by atoms with Crippen molar-refractivity contribution in [3.8, 4) is 5.75 Å². The molecule has 0 saturated carbocycles. The van der Waals surface area contributed by atoms with Gasteiger partial charge >= 0.3 is 115 Å². The number of hydrogen-bond acceptors (Lipinski definition) is 3. The monoisotopic (exact) mass is 312 g/mol. The molecule has 1 aromatic carbocycles. The maximum absolute atomic E-state index is 6.01. The minimum atomic E-state index is -2.19. The second-order valence-corrected chi connectivity index (χ2v) is 7.83. The molecule has 0 bridgehead atoms. The van der Waals surface area contributed by atoms with E-state index in [2.05, 4.69) is 27.7 Å². The Morgan fingerprint density at radius 2 is 1.39 bits per heavy atom. The van der Waals surface area contributed by atoms with Crippen molar-refractivity contribution < 1.29 is 11.2 Å². The van der Waals surface area contributed by atoms with E-state index in [1.54, 1.807) is 0 Å². The molecule has 0 N–H and O–H groups in total. The van der Waals surface area contributed by atoms with Crippen LogP contribution >= 0.6 is 0 Å². The molecule has 0 spiro atoms. The molecule has 0 aliphatic carbocycles. The predicted octanol–water partition coefficient (Wildman–Crippen LogP) is 3.27. The topological polar surface area (TPSA) is 27.7 Å². The van der Waals surface area contributed by atoms with Crippen molar-refractivity contribution in [3.63, 3.8) is 0 Å². The van der Waals surface area contributed by atoms with Gasteiger partial charge < -0.3 is 0 Å². The SMILES string of the molecule is Cc1cccc(C)c1O[As]1OC(C)(C)C(C)(C)O1. The maximum atomic E-state index is 6.01. The summed E-state index contributed by atoms with van der Waals surface area (Å²) in [6.07, 6.45) is 0. The first kappa shape index (κ1) is 13.9. The summed E-state index contributed by atoms with van der Waals surface area (Å²) in [6.45, 7) is 12.3. The van der Waals surface area contributed by atoms with Gasteiger partial charge in [-0.05, 0) is 0 Å². The van der Waals surface area contributed by atoms with Gasteiger partial charge in [-0.2, -0.15) is 0 Å². The quantitative estimate of drug-likeness (QED) is 0.785. The van der Waals surface area contributed by atoms with E-state index < -0.39 is 15.7 Å². The fraction of sp³-hybridized carbons (Fsp3) is 0.571. The predicted molar refractivity (Wildman–Crippen MR) is 72.6 cm³/mol. The number of para-hydroxylation sites is 1. The van der Waals surface area contributed by atoms with Gasteiger partial charge in [0.1, 0.15) is 0 Å². The molecule has 0 atom stereocenters. The fourth-order valence-electron chi connectivity index (χ4n) is 1.67. The molecule has 1 saturated heterocycles. The second-order valence-electron chi connectivity index (χ2n) is 5.74.